The van der Waals surface area contributed by atoms with E-state index >= 15 is 0 Å². The van der Waals surface area contributed by atoms with Gasteiger partial charge in [0.05, 0.1) is 16.4 Å². The van der Waals surface area contributed by atoms with Crippen LogP contribution in [-0.4, -0.2) is 21.0 Å². The number of imide groups is 1. The Morgan fingerprint density at radius 1 is 1.06 bits per heavy atom. The van der Waals surface area contributed by atoms with Gasteiger partial charge in [0.1, 0.15) is 12.4 Å². The Morgan fingerprint density at radius 3 is 2.57 bits per heavy atom. The van der Waals surface area contributed by atoms with Crippen LogP contribution in [0.2, 0.25) is 10.0 Å². The zero-order valence-corrected chi connectivity index (χ0v) is 21.7. The molecule has 1 saturated heterocycles. The predicted molar refractivity (Wildman–Crippen MR) is 140 cm³/mol. The summed E-state index contributed by atoms with van der Waals surface area (Å²) in [6.45, 7) is -0.0340. The lowest BCUT2D eigenvalue weighted by Gasteiger charge is -2.13. The Morgan fingerprint density at radius 2 is 1.83 bits per heavy atom. The Kier molecular flexibility index (Phi) is 7.81. The second-order valence-electron chi connectivity index (χ2n) is 7.36. The minimum Gasteiger partial charge on any atom is -0.488 e. The van der Waals surface area contributed by atoms with Gasteiger partial charge in [0.2, 0.25) is 0 Å². The topological polar surface area (TPSA) is 89.8 Å². The molecule has 35 heavy (non-hydrogen) atoms. The summed E-state index contributed by atoms with van der Waals surface area (Å²) in [6, 6.07) is 16.4. The minimum absolute atomic E-state index is 0.154. The molecule has 11 heteroatoms. The van der Waals surface area contributed by atoms with Crippen LogP contribution in [0.5, 0.6) is 5.75 Å². The van der Waals surface area contributed by atoms with Gasteiger partial charge in [0.15, 0.2) is 0 Å². The standard InChI is InChI=1S/C24H15BrCl2N2O5S/c25-17-6-8-21(34-13-15-5-7-18(26)11-19(15)27)16(9-17)10-22-23(30)28(24(31)35-22)12-14-3-1-2-4-20(14)29(32)33/h1-11H,12-13H2/b22-10-. The van der Waals surface area contributed by atoms with E-state index in [0.29, 0.717) is 21.4 Å². The molecule has 0 aromatic heterocycles. The quantitative estimate of drug-likeness (QED) is 0.160. The number of amides is 2. The monoisotopic (exact) mass is 592 g/mol. The van der Waals surface area contributed by atoms with Gasteiger partial charge in [-0.3, -0.25) is 24.6 Å². The first-order valence-electron chi connectivity index (χ1n) is 10.1. The van der Waals surface area contributed by atoms with Gasteiger partial charge in [0, 0.05) is 37.3 Å². The second kappa shape index (κ2) is 10.8. The maximum absolute atomic E-state index is 13.0. The van der Waals surface area contributed by atoms with Crippen LogP contribution < -0.4 is 4.74 Å². The molecule has 0 unspecified atom stereocenters. The summed E-state index contributed by atoms with van der Waals surface area (Å²) in [4.78, 5) is 37.5. The molecule has 1 heterocycles. The van der Waals surface area contributed by atoms with Crippen LogP contribution >= 0.6 is 50.9 Å². The molecule has 1 aliphatic rings. The first kappa shape index (κ1) is 25.2. The molecule has 0 atom stereocenters. The molecule has 3 aromatic carbocycles. The van der Waals surface area contributed by atoms with Crippen molar-refractivity contribution in [2.75, 3.05) is 0 Å². The normalized spacial score (nSPS) is 14.6. The van der Waals surface area contributed by atoms with Crippen LogP contribution in [0.25, 0.3) is 6.08 Å². The Hall–Kier alpha value is -2.85. The molecule has 0 saturated carbocycles. The fraction of sp³-hybridized carbons (Fsp3) is 0.0833. The number of ether oxygens (including phenoxy) is 1. The van der Waals surface area contributed by atoms with Crippen LogP contribution in [-0.2, 0) is 17.9 Å². The van der Waals surface area contributed by atoms with Crippen molar-refractivity contribution in [3.05, 3.63) is 107 Å². The molecule has 1 fully saturated rings. The highest BCUT2D eigenvalue weighted by Gasteiger charge is 2.36. The molecular weight excluding hydrogens is 579 g/mol. The molecule has 3 aromatic rings. The number of thioether (sulfide) groups is 1. The summed E-state index contributed by atoms with van der Waals surface area (Å²) in [7, 11) is 0. The van der Waals surface area contributed by atoms with Gasteiger partial charge in [0.25, 0.3) is 16.8 Å². The molecule has 0 radical (unpaired) electrons. The lowest BCUT2D eigenvalue weighted by Crippen LogP contribution is -2.27. The van der Waals surface area contributed by atoms with E-state index in [-0.39, 0.29) is 29.3 Å². The van der Waals surface area contributed by atoms with Gasteiger partial charge in [-0.05, 0) is 48.2 Å². The molecule has 1 aliphatic heterocycles. The van der Waals surface area contributed by atoms with E-state index in [1.54, 1.807) is 48.5 Å². The summed E-state index contributed by atoms with van der Waals surface area (Å²) in [5, 5.41) is 11.8. The Bertz CT molecular complexity index is 1380. The van der Waals surface area contributed by atoms with Crippen LogP contribution in [0, 0.1) is 10.1 Å². The number of para-hydroxylation sites is 1. The highest BCUT2D eigenvalue weighted by atomic mass is 79.9. The number of nitro benzene ring substituents is 1. The molecule has 4 rings (SSSR count). The fourth-order valence-corrected chi connectivity index (χ4v) is 5.00. The van der Waals surface area contributed by atoms with Crippen molar-refractivity contribution in [2.45, 2.75) is 13.2 Å². The van der Waals surface area contributed by atoms with Crippen LogP contribution in [0.3, 0.4) is 0 Å². The number of hydrogen-bond donors (Lipinski definition) is 0. The molecule has 7 nitrogen and oxygen atoms in total. The SMILES string of the molecule is O=C1S/C(=C\c2cc(Br)ccc2OCc2ccc(Cl)cc2Cl)C(=O)N1Cc1ccccc1[N+](=O)[O-]. The minimum atomic E-state index is -0.539. The van der Waals surface area contributed by atoms with E-state index in [1.807, 2.05) is 0 Å². The molecule has 178 valence electrons. The van der Waals surface area contributed by atoms with E-state index in [9.17, 15) is 19.7 Å². The summed E-state index contributed by atoms with van der Waals surface area (Å²) < 4.78 is 6.70. The number of nitro groups is 1. The maximum Gasteiger partial charge on any atom is 0.293 e. The first-order chi connectivity index (χ1) is 16.7. The summed E-state index contributed by atoms with van der Waals surface area (Å²) in [5.74, 6) is -0.0606. The van der Waals surface area contributed by atoms with Crippen LogP contribution in [0.4, 0.5) is 10.5 Å². The van der Waals surface area contributed by atoms with Gasteiger partial charge >= 0.3 is 0 Å². The largest absolute Gasteiger partial charge is 0.488 e. The van der Waals surface area contributed by atoms with Crippen molar-refractivity contribution in [1.82, 2.24) is 4.90 Å². The summed E-state index contributed by atoms with van der Waals surface area (Å²) in [5.41, 5.74) is 1.42. The average molecular weight is 594 g/mol. The lowest BCUT2D eigenvalue weighted by molar-refractivity contribution is -0.385. The van der Waals surface area contributed by atoms with Crippen LogP contribution in [0.15, 0.2) is 70.0 Å². The van der Waals surface area contributed by atoms with Crippen LogP contribution in [0.1, 0.15) is 16.7 Å². The molecule has 2 amide bonds. The number of carbonyl (C=O) groups excluding carboxylic acids is 2. The number of halogens is 3. The van der Waals surface area contributed by atoms with Crippen molar-refractivity contribution in [1.29, 1.82) is 0 Å². The molecule has 0 spiro atoms. The van der Waals surface area contributed by atoms with E-state index in [2.05, 4.69) is 15.9 Å². The van der Waals surface area contributed by atoms with Crippen molar-refractivity contribution in [3.8, 4) is 5.75 Å². The number of rotatable bonds is 7. The fourth-order valence-electron chi connectivity index (χ4n) is 3.33. The number of hydrogen-bond acceptors (Lipinski definition) is 6. The summed E-state index contributed by atoms with van der Waals surface area (Å²) >= 11 is 16.4. The zero-order valence-electron chi connectivity index (χ0n) is 17.7. The molecule has 0 N–H and O–H groups in total. The van der Waals surface area contributed by atoms with Gasteiger partial charge in [-0.15, -0.1) is 0 Å². The predicted octanol–water partition coefficient (Wildman–Crippen LogP) is 7.48. The highest BCUT2D eigenvalue weighted by Crippen LogP contribution is 2.37. The number of benzene rings is 3. The van der Waals surface area contributed by atoms with E-state index in [1.165, 1.54) is 18.2 Å². The van der Waals surface area contributed by atoms with Crippen molar-refractivity contribution < 1.29 is 19.2 Å². The second-order valence-corrected chi connectivity index (χ2v) is 10.1. The zero-order chi connectivity index (χ0) is 25.1. The third kappa shape index (κ3) is 5.87. The third-order valence-electron chi connectivity index (χ3n) is 5.05. The van der Waals surface area contributed by atoms with Crippen molar-refractivity contribution in [3.63, 3.8) is 0 Å². The average Bonchev–Trinajstić information content (AvgIpc) is 3.07. The van der Waals surface area contributed by atoms with Crippen molar-refractivity contribution in [2.24, 2.45) is 0 Å². The number of carbonyl (C=O) groups is 2. The molecule has 0 aliphatic carbocycles. The van der Waals surface area contributed by atoms with E-state index in [0.717, 1.165) is 26.7 Å². The van der Waals surface area contributed by atoms with Crippen molar-refractivity contribution >= 4 is 73.8 Å². The van der Waals surface area contributed by atoms with E-state index in [4.69, 9.17) is 27.9 Å². The smallest absolute Gasteiger partial charge is 0.293 e. The summed E-state index contributed by atoms with van der Waals surface area (Å²) in [6.07, 6.45) is 1.56. The van der Waals surface area contributed by atoms with Gasteiger partial charge < -0.3 is 4.74 Å². The van der Waals surface area contributed by atoms with Gasteiger partial charge in [-0.2, -0.15) is 0 Å². The third-order valence-corrected chi connectivity index (χ3v) is 7.03. The molecule has 0 bridgehead atoms. The van der Waals surface area contributed by atoms with Gasteiger partial charge in [-0.25, -0.2) is 0 Å². The van der Waals surface area contributed by atoms with E-state index < -0.39 is 16.1 Å². The molecular formula is C24H15BrCl2N2O5S. The van der Waals surface area contributed by atoms with Gasteiger partial charge in [-0.1, -0.05) is 63.4 Å². The first-order valence-corrected chi connectivity index (χ1v) is 12.4. The number of nitrogens with zero attached hydrogens (tertiary/aromatic N) is 2. The Balaban J connectivity index is 1.58. The lowest BCUT2D eigenvalue weighted by atomic mass is 10.1. The maximum atomic E-state index is 13.0. The highest BCUT2D eigenvalue weighted by molar-refractivity contribution is 9.10. The Labute approximate surface area is 222 Å².